The summed E-state index contributed by atoms with van der Waals surface area (Å²) in [5.41, 5.74) is -0.0381. The molecule has 0 saturated heterocycles. The molecular formula is C12H24N2O. The molecule has 88 valence electrons. The van der Waals surface area contributed by atoms with Gasteiger partial charge in [-0.1, -0.05) is 0 Å². The minimum absolute atomic E-state index is 0.0381. The fourth-order valence-electron chi connectivity index (χ4n) is 2.59. The van der Waals surface area contributed by atoms with Crippen LogP contribution in [0.3, 0.4) is 0 Å². The predicted molar refractivity (Wildman–Crippen MR) is 61.8 cm³/mol. The summed E-state index contributed by atoms with van der Waals surface area (Å²) >= 11 is 0. The number of aliphatic hydroxyl groups is 1. The maximum absolute atomic E-state index is 9.60. The van der Waals surface area contributed by atoms with E-state index in [9.17, 15) is 5.11 Å². The Kier molecular flexibility index (Phi) is 3.33. The highest BCUT2D eigenvalue weighted by atomic mass is 16.3. The van der Waals surface area contributed by atoms with Crippen molar-refractivity contribution in [2.45, 2.75) is 31.2 Å². The number of nitrogens with one attached hydrogen (secondary N) is 1. The molecule has 0 radical (unpaired) electrons. The summed E-state index contributed by atoms with van der Waals surface area (Å²) < 4.78 is 0. The zero-order valence-corrected chi connectivity index (χ0v) is 10.00. The molecule has 0 aliphatic heterocycles. The Morgan fingerprint density at radius 1 is 1.33 bits per heavy atom. The lowest BCUT2D eigenvalue weighted by Crippen LogP contribution is -2.56. The third-order valence-electron chi connectivity index (χ3n) is 3.96. The Labute approximate surface area is 92.8 Å². The average molecular weight is 212 g/mol. The van der Waals surface area contributed by atoms with E-state index in [1.807, 2.05) is 7.05 Å². The topological polar surface area (TPSA) is 35.5 Å². The van der Waals surface area contributed by atoms with Crippen molar-refractivity contribution in [2.24, 2.45) is 11.8 Å². The van der Waals surface area contributed by atoms with Gasteiger partial charge in [0.15, 0.2) is 0 Å². The molecule has 0 heterocycles. The molecule has 1 atom stereocenters. The highest BCUT2D eigenvalue weighted by molar-refractivity contribution is 5.02. The fraction of sp³-hybridized carbons (Fsp3) is 1.00. The van der Waals surface area contributed by atoms with Crippen LogP contribution in [0.2, 0.25) is 0 Å². The quantitative estimate of drug-likeness (QED) is 0.652. The molecule has 0 bridgehead atoms. The second kappa shape index (κ2) is 4.40. The van der Waals surface area contributed by atoms with E-state index in [0.717, 1.165) is 12.5 Å². The molecule has 2 saturated carbocycles. The van der Waals surface area contributed by atoms with Gasteiger partial charge in [-0.25, -0.2) is 0 Å². The van der Waals surface area contributed by atoms with Gasteiger partial charge < -0.3 is 15.3 Å². The largest absolute Gasteiger partial charge is 0.394 e. The lowest BCUT2D eigenvalue weighted by molar-refractivity contribution is 0.106. The molecule has 2 aliphatic carbocycles. The number of likely N-dealkylation sites (N-methyl/N-ethyl adjacent to an activating group) is 2. The van der Waals surface area contributed by atoms with Crippen molar-refractivity contribution in [1.82, 2.24) is 10.2 Å². The Hall–Kier alpha value is -0.120. The lowest BCUT2D eigenvalue weighted by Gasteiger charge is -2.36. The Morgan fingerprint density at radius 3 is 2.40 bits per heavy atom. The molecular weight excluding hydrogens is 188 g/mol. The molecule has 2 N–H and O–H groups in total. The molecule has 3 heteroatoms. The second-order valence-electron chi connectivity index (χ2n) is 5.48. The first-order chi connectivity index (χ1) is 7.20. The number of nitrogens with zero attached hydrogens (tertiary/aromatic N) is 1. The van der Waals surface area contributed by atoms with Gasteiger partial charge in [0.1, 0.15) is 0 Å². The van der Waals surface area contributed by atoms with Gasteiger partial charge in [-0.15, -0.1) is 0 Å². The summed E-state index contributed by atoms with van der Waals surface area (Å²) in [6.45, 7) is 2.46. The van der Waals surface area contributed by atoms with Crippen molar-refractivity contribution in [3.8, 4) is 0 Å². The number of hydrogen-bond acceptors (Lipinski definition) is 3. The molecule has 2 fully saturated rings. The van der Waals surface area contributed by atoms with E-state index in [-0.39, 0.29) is 12.1 Å². The first kappa shape index (κ1) is 11.4. The molecule has 1 unspecified atom stereocenters. The molecule has 0 aromatic heterocycles. The summed E-state index contributed by atoms with van der Waals surface area (Å²) in [6, 6.07) is 0. The standard InChI is InChI=1S/C12H24N2O/c1-13-12(9-15,11-5-6-11)8-14(2)7-10-3-4-10/h10-11,13,15H,3-9H2,1-2H3. The summed E-state index contributed by atoms with van der Waals surface area (Å²) in [7, 11) is 4.17. The van der Waals surface area contributed by atoms with Crippen LogP contribution in [0.25, 0.3) is 0 Å². The van der Waals surface area contributed by atoms with Crippen molar-refractivity contribution >= 4 is 0 Å². The minimum atomic E-state index is -0.0381. The van der Waals surface area contributed by atoms with Crippen LogP contribution >= 0.6 is 0 Å². The molecule has 0 aromatic carbocycles. The Morgan fingerprint density at radius 2 is 2.00 bits per heavy atom. The molecule has 3 nitrogen and oxygen atoms in total. The normalized spacial score (nSPS) is 25.6. The van der Waals surface area contributed by atoms with Crippen LogP contribution in [-0.2, 0) is 0 Å². The summed E-state index contributed by atoms with van der Waals surface area (Å²) in [6.07, 6.45) is 5.36. The Bertz CT molecular complexity index is 208. The van der Waals surface area contributed by atoms with E-state index in [0.29, 0.717) is 5.92 Å². The van der Waals surface area contributed by atoms with E-state index >= 15 is 0 Å². The smallest absolute Gasteiger partial charge is 0.0628 e. The maximum atomic E-state index is 9.60. The van der Waals surface area contributed by atoms with Crippen LogP contribution in [-0.4, -0.2) is 49.3 Å². The van der Waals surface area contributed by atoms with Gasteiger partial charge in [0.05, 0.1) is 12.1 Å². The van der Waals surface area contributed by atoms with E-state index in [4.69, 9.17) is 0 Å². The van der Waals surface area contributed by atoms with Gasteiger partial charge >= 0.3 is 0 Å². The summed E-state index contributed by atoms with van der Waals surface area (Å²) in [5, 5.41) is 13.0. The van der Waals surface area contributed by atoms with Crippen LogP contribution in [0, 0.1) is 11.8 Å². The molecule has 2 aliphatic rings. The van der Waals surface area contributed by atoms with Gasteiger partial charge in [0, 0.05) is 13.1 Å². The Balaban J connectivity index is 1.86. The molecule has 15 heavy (non-hydrogen) atoms. The number of hydrogen-bond donors (Lipinski definition) is 2. The molecule has 2 rings (SSSR count). The second-order valence-corrected chi connectivity index (χ2v) is 5.48. The van der Waals surface area contributed by atoms with Crippen LogP contribution in [0.1, 0.15) is 25.7 Å². The maximum Gasteiger partial charge on any atom is 0.0628 e. The zero-order chi connectivity index (χ0) is 10.9. The molecule has 0 aromatic rings. The van der Waals surface area contributed by atoms with Crippen LogP contribution in [0.15, 0.2) is 0 Å². The van der Waals surface area contributed by atoms with Gasteiger partial charge in [-0.3, -0.25) is 0 Å². The van der Waals surface area contributed by atoms with Gasteiger partial charge in [0.2, 0.25) is 0 Å². The molecule has 0 amide bonds. The van der Waals surface area contributed by atoms with E-state index in [1.165, 1.54) is 32.2 Å². The van der Waals surface area contributed by atoms with Crippen molar-refractivity contribution < 1.29 is 5.11 Å². The van der Waals surface area contributed by atoms with Crippen molar-refractivity contribution in [3.63, 3.8) is 0 Å². The van der Waals surface area contributed by atoms with Crippen molar-refractivity contribution in [3.05, 3.63) is 0 Å². The average Bonchev–Trinajstić information content (AvgIpc) is 3.04. The van der Waals surface area contributed by atoms with Crippen LogP contribution < -0.4 is 5.32 Å². The monoisotopic (exact) mass is 212 g/mol. The zero-order valence-electron chi connectivity index (χ0n) is 10.00. The van der Waals surface area contributed by atoms with Crippen molar-refractivity contribution in [1.29, 1.82) is 0 Å². The predicted octanol–water partition coefficient (Wildman–Crippen LogP) is 0.689. The fourth-order valence-corrected chi connectivity index (χ4v) is 2.59. The number of aliphatic hydroxyl groups excluding tert-OH is 1. The third kappa shape index (κ3) is 2.71. The van der Waals surface area contributed by atoms with E-state index in [1.54, 1.807) is 0 Å². The lowest BCUT2D eigenvalue weighted by atomic mass is 9.93. The van der Waals surface area contributed by atoms with Gasteiger partial charge in [-0.05, 0) is 51.6 Å². The van der Waals surface area contributed by atoms with E-state index in [2.05, 4.69) is 17.3 Å². The first-order valence-electron chi connectivity index (χ1n) is 6.18. The molecule has 0 spiro atoms. The summed E-state index contributed by atoms with van der Waals surface area (Å²) in [5.74, 6) is 1.62. The highest BCUT2D eigenvalue weighted by Crippen LogP contribution is 2.40. The van der Waals surface area contributed by atoms with Crippen molar-refractivity contribution in [2.75, 3.05) is 33.8 Å². The van der Waals surface area contributed by atoms with Gasteiger partial charge in [0.25, 0.3) is 0 Å². The van der Waals surface area contributed by atoms with Crippen LogP contribution in [0.4, 0.5) is 0 Å². The minimum Gasteiger partial charge on any atom is -0.394 e. The van der Waals surface area contributed by atoms with Gasteiger partial charge in [-0.2, -0.15) is 0 Å². The first-order valence-corrected chi connectivity index (χ1v) is 6.18. The highest BCUT2D eigenvalue weighted by Gasteiger charge is 2.44. The summed E-state index contributed by atoms with van der Waals surface area (Å²) in [4.78, 5) is 2.39. The third-order valence-corrected chi connectivity index (χ3v) is 3.96. The number of rotatable bonds is 7. The van der Waals surface area contributed by atoms with E-state index < -0.39 is 0 Å². The SMILES string of the molecule is CNC(CO)(CN(C)CC1CC1)C1CC1. The van der Waals surface area contributed by atoms with Crippen LogP contribution in [0.5, 0.6) is 0 Å².